The van der Waals surface area contributed by atoms with E-state index < -0.39 is 0 Å². The molecule has 0 aliphatic rings. The van der Waals surface area contributed by atoms with Crippen molar-refractivity contribution < 1.29 is 18.7 Å². The number of ether oxygens (including phenoxy) is 1. The molecule has 1 amide bonds. The molecule has 20 heavy (non-hydrogen) atoms. The smallest absolute Gasteiger partial charge is 0.250 e. The first-order valence-corrected chi connectivity index (χ1v) is 6.15. The van der Waals surface area contributed by atoms with Gasteiger partial charge in [0, 0.05) is 18.4 Å². The number of nitrogens with one attached hydrogen (secondary N) is 1. The molecule has 5 nitrogen and oxygen atoms in total. The van der Waals surface area contributed by atoms with Crippen LogP contribution < -0.4 is 5.32 Å². The average molecular weight is 294 g/mol. The van der Waals surface area contributed by atoms with E-state index in [4.69, 9.17) is 20.8 Å². The van der Waals surface area contributed by atoms with Crippen molar-refractivity contribution in [1.82, 2.24) is 0 Å². The minimum absolute atomic E-state index is 0.0337. The van der Waals surface area contributed by atoms with Crippen LogP contribution in [0.1, 0.15) is 10.6 Å². The summed E-state index contributed by atoms with van der Waals surface area (Å²) >= 11 is 6.10. The molecule has 0 aliphatic heterocycles. The topological polar surface area (TPSA) is 68.5 Å². The van der Waals surface area contributed by atoms with E-state index in [1.807, 2.05) is 0 Å². The van der Waals surface area contributed by atoms with Crippen molar-refractivity contribution in [2.75, 3.05) is 19.0 Å². The van der Waals surface area contributed by atoms with Crippen LogP contribution in [0.5, 0.6) is 0 Å². The molecule has 0 unspecified atom stereocenters. The lowest BCUT2D eigenvalue weighted by molar-refractivity contribution is -0.119. The van der Waals surface area contributed by atoms with Crippen molar-refractivity contribution in [3.05, 3.63) is 41.1 Å². The zero-order valence-electron chi connectivity index (χ0n) is 10.7. The Balaban J connectivity index is 2.28. The van der Waals surface area contributed by atoms with Gasteiger partial charge in [0.25, 0.3) is 0 Å². The highest BCUT2D eigenvalue weighted by Crippen LogP contribution is 2.31. The first-order valence-electron chi connectivity index (χ1n) is 5.77. The second-order valence-corrected chi connectivity index (χ2v) is 4.40. The normalized spacial score (nSPS) is 10.3. The van der Waals surface area contributed by atoms with E-state index in [1.54, 1.807) is 30.3 Å². The zero-order chi connectivity index (χ0) is 14.5. The van der Waals surface area contributed by atoms with Gasteiger partial charge in [0.15, 0.2) is 12.0 Å². The van der Waals surface area contributed by atoms with Gasteiger partial charge in [0.2, 0.25) is 5.91 Å². The van der Waals surface area contributed by atoms with Crippen LogP contribution in [0, 0.1) is 0 Å². The third-order valence-electron chi connectivity index (χ3n) is 2.53. The summed E-state index contributed by atoms with van der Waals surface area (Å²) in [6, 6.07) is 8.18. The summed E-state index contributed by atoms with van der Waals surface area (Å²) in [7, 11) is 1.44. The molecular formula is C14H12ClNO4. The molecule has 0 bridgehead atoms. The van der Waals surface area contributed by atoms with Gasteiger partial charge in [0.1, 0.15) is 12.4 Å². The number of carbonyl (C=O) groups excluding carboxylic acids is 2. The molecule has 0 atom stereocenters. The predicted molar refractivity (Wildman–Crippen MR) is 75.0 cm³/mol. The van der Waals surface area contributed by atoms with E-state index >= 15 is 0 Å². The molecule has 1 heterocycles. The van der Waals surface area contributed by atoms with Gasteiger partial charge in [-0.3, -0.25) is 9.59 Å². The number of rotatable bonds is 5. The number of halogens is 1. The molecule has 1 N–H and O–H groups in total. The third-order valence-corrected chi connectivity index (χ3v) is 2.86. The molecule has 0 saturated carbocycles. The minimum Gasteiger partial charge on any atom is -0.453 e. The highest BCUT2D eigenvalue weighted by Gasteiger charge is 2.10. The Morgan fingerprint density at radius 1 is 1.40 bits per heavy atom. The Bertz CT molecular complexity index is 636. The van der Waals surface area contributed by atoms with Crippen molar-refractivity contribution in [2.24, 2.45) is 0 Å². The number of furan rings is 1. The molecular weight excluding hydrogens is 282 g/mol. The predicted octanol–water partition coefficient (Wildman–Crippen LogP) is 3.00. The fraction of sp³-hybridized carbons (Fsp3) is 0.143. The maximum absolute atomic E-state index is 11.5. The monoisotopic (exact) mass is 293 g/mol. The van der Waals surface area contributed by atoms with Gasteiger partial charge < -0.3 is 14.5 Å². The van der Waals surface area contributed by atoms with Crippen molar-refractivity contribution in [1.29, 1.82) is 0 Å². The van der Waals surface area contributed by atoms with Gasteiger partial charge in [-0.1, -0.05) is 11.6 Å². The maximum Gasteiger partial charge on any atom is 0.250 e. The van der Waals surface area contributed by atoms with E-state index in [9.17, 15) is 9.59 Å². The number of aldehydes is 1. The number of hydrogen-bond donors (Lipinski definition) is 1. The number of methoxy groups -OCH3 is 1. The number of hydrogen-bond acceptors (Lipinski definition) is 4. The van der Waals surface area contributed by atoms with Crippen LogP contribution in [0.4, 0.5) is 5.69 Å². The average Bonchev–Trinajstić information content (AvgIpc) is 2.90. The first-order chi connectivity index (χ1) is 9.63. The number of anilines is 1. The third kappa shape index (κ3) is 3.26. The van der Waals surface area contributed by atoms with E-state index in [-0.39, 0.29) is 18.3 Å². The standard InChI is InChI=1S/C14H12ClNO4/c1-19-8-14(18)16-9-2-4-12(15)11(6-9)13-5-3-10(7-17)20-13/h2-7H,8H2,1H3,(H,16,18). The molecule has 0 fully saturated rings. The zero-order valence-corrected chi connectivity index (χ0v) is 11.4. The van der Waals surface area contributed by atoms with Crippen molar-refractivity contribution in [3.8, 4) is 11.3 Å². The summed E-state index contributed by atoms with van der Waals surface area (Å²) in [4.78, 5) is 22.1. The molecule has 6 heteroatoms. The van der Waals surface area contributed by atoms with Crippen LogP contribution in [0.25, 0.3) is 11.3 Å². The van der Waals surface area contributed by atoms with Crippen LogP contribution in [-0.2, 0) is 9.53 Å². The van der Waals surface area contributed by atoms with Gasteiger partial charge in [-0.05, 0) is 30.3 Å². The molecule has 2 rings (SSSR count). The maximum atomic E-state index is 11.5. The molecule has 1 aromatic heterocycles. The lowest BCUT2D eigenvalue weighted by atomic mass is 10.1. The van der Waals surface area contributed by atoms with Crippen LogP contribution in [0.3, 0.4) is 0 Å². The second kappa shape index (κ2) is 6.36. The number of carbonyl (C=O) groups is 2. The van der Waals surface area contributed by atoms with E-state index in [0.717, 1.165) is 0 Å². The van der Waals surface area contributed by atoms with E-state index in [0.29, 0.717) is 28.3 Å². The highest BCUT2D eigenvalue weighted by atomic mass is 35.5. The van der Waals surface area contributed by atoms with Gasteiger partial charge in [-0.15, -0.1) is 0 Å². The van der Waals surface area contributed by atoms with Crippen LogP contribution >= 0.6 is 11.6 Å². The number of benzene rings is 1. The van der Waals surface area contributed by atoms with Crippen LogP contribution in [0.15, 0.2) is 34.7 Å². The van der Waals surface area contributed by atoms with E-state index in [2.05, 4.69) is 5.32 Å². The molecule has 0 spiro atoms. The number of amides is 1. The molecule has 0 saturated heterocycles. The summed E-state index contributed by atoms with van der Waals surface area (Å²) in [5, 5.41) is 3.13. The van der Waals surface area contributed by atoms with Crippen molar-refractivity contribution >= 4 is 29.5 Å². The SMILES string of the molecule is COCC(=O)Nc1ccc(Cl)c(-c2ccc(C=O)o2)c1. The van der Waals surface area contributed by atoms with Crippen molar-refractivity contribution in [2.45, 2.75) is 0 Å². The Hall–Kier alpha value is -2.11. The van der Waals surface area contributed by atoms with Gasteiger partial charge in [0.05, 0.1) is 5.02 Å². The first kappa shape index (κ1) is 14.3. The van der Waals surface area contributed by atoms with Gasteiger partial charge >= 0.3 is 0 Å². The Labute approximate surface area is 120 Å². The van der Waals surface area contributed by atoms with Crippen LogP contribution in [-0.4, -0.2) is 25.9 Å². The fourth-order valence-electron chi connectivity index (χ4n) is 1.68. The molecule has 1 aromatic carbocycles. The minimum atomic E-state index is -0.270. The van der Waals surface area contributed by atoms with Gasteiger partial charge in [-0.25, -0.2) is 0 Å². The lowest BCUT2D eigenvalue weighted by Crippen LogP contribution is -2.17. The summed E-state index contributed by atoms with van der Waals surface area (Å²) in [5.74, 6) is 0.402. The molecule has 0 aliphatic carbocycles. The fourth-order valence-corrected chi connectivity index (χ4v) is 1.89. The Kier molecular flexibility index (Phi) is 4.55. The van der Waals surface area contributed by atoms with Crippen molar-refractivity contribution in [3.63, 3.8) is 0 Å². The van der Waals surface area contributed by atoms with Gasteiger partial charge in [-0.2, -0.15) is 0 Å². The highest BCUT2D eigenvalue weighted by molar-refractivity contribution is 6.33. The molecule has 104 valence electrons. The Morgan fingerprint density at radius 3 is 2.85 bits per heavy atom. The second-order valence-electron chi connectivity index (χ2n) is 4.00. The summed E-state index contributed by atoms with van der Waals surface area (Å²) in [5.41, 5.74) is 1.16. The quantitative estimate of drug-likeness (QED) is 0.861. The molecule has 0 radical (unpaired) electrons. The summed E-state index contributed by atoms with van der Waals surface area (Å²) < 4.78 is 10.1. The summed E-state index contributed by atoms with van der Waals surface area (Å²) in [6.45, 7) is -0.0337. The summed E-state index contributed by atoms with van der Waals surface area (Å²) in [6.07, 6.45) is 0.613. The van der Waals surface area contributed by atoms with Crippen LogP contribution in [0.2, 0.25) is 5.02 Å². The largest absolute Gasteiger partial charge is 0.453 e. The Morgan fingerprint density at radius 2 is 2.20 bits per heavy atom. The van der Waals surface area contributed by atoms with E-state index in [1.165, 1.54) is 7.11 Å². The molecule has 2 aromatic rings. The lowest BCUT2D eigenvalue weighted by Gasteiger charge is -2.07.